The number of carboxylic acids is 1. The molecule has 0 radical (unpaired) electrons. The Morgan fingerprint density at radius 1 is 1.47 bits per heavy atom. The number of nitriles is 1. The predicted octanol–water partition coefficient (Wildman–Crippen LogP) is 1.56. The summed E-state index contributed by atoms with van der Waals surface area (Å²) in [4.78, 5) is 21.9. The minimum atomic E-state index is -1.20. The van der Waals surface area contributed by atoms with Crippen LogP contribution in [0.5, 0.6) is 5.75 Å². The highest BCUT2D eigenvalue weighted by Crippen LogP contribution is 2.26. The fourth-order valence-corrected chi connectivity index (χ4v) is 1.36. The van der Waals surface area contributed by atoms with E-state index in [0.717, 1.165) is 12.1 Å². The highest BCUT2D eigenvalue weighted by atomic mass is 16.5. The molecule has 0 bridgehead atoms. The number of allylic oxidation sites excluding steroid dienone is 1. The molecule has 0 spiro atoms. The van der Waals surface area contributed by atoms with E-state index in [1.807, 2.05) is 0 Å². The summed E-state index contributed by atoms with van der Waals surface area (Å²) in [5, 5.41) is 27.4. The number of phenolic OH excluding ortho intramolecular Hbond substituents is 1. The Hall–Kier alpha value is -2.81. The van der Waals surface area contributed by atoms with Crippen LogP contribution in [-0.2, 0) is 9.53 Å². The summed E-state index contributed by atoms with van der Waals surface area (Å²) in [5.74, 6) is -2.30. The SMILES string of the molecule is CCOC(=O)C=C(C#N)c1ccc(C(=O)O)cc1O. The second kappa shape index (κ2) is 6.21. The standard InChI is InChI=1S/C13H11NO5/c1-2-19-12(16)6-9(7-14)10-4-3-8(13(17)18)5-11(10)15/h3-6,15H,2H2,1H3,(H,17,18). The van der Waals surface area contributed by atoms with E-state index in [-0.39, 0.29) is 23.3 Å². The summed E-state index contributed by atoms with van der Waals surface area (Å²) in [6, 6.07) is 5.24. The zero-order valence-electron chi connectivity index (χ0n) is 10.1. The topological polar surface area (TPSA) is 108 Å². The van der Waals surface area contributed by atoms with E-state index in [4.69, 9.17) is 10.4 Å². The Labute approximate surface area is 109 Å². The number of rotatable bonds is 4. The lowest BCUT2D eigenvalue weighted by atomic mass is 10.0. The molecule has 0 aliphatic carbocycles. The van der Waals surface area contributed by atoms with Crippen molar-refractivity contribution in [1.82, 2.24) is 0 Å². The third-order valence-corrected chi connectivity index (χ3v) is 2.20. The first-order valence-electron chi connectivity index (χ1n) is 5.34. The lowest BCUT2D eigenvalue weighted by Gasteiger charge is -2.04. The van der Waals surface area contributed by atoms with Gasteiger partial charge < -0.3 is 14.9 Å². The van der Waals surface area contributed by atoms with Crippen LogP contribution in [0.2, 0.25) is 0 Å². The normalized spacial score (nSPS) is 10.6. The minimum absolute atomic E-state index is 0.0700. The smallest absolute Gasteiger partial charge is 0.335 e. The fraction of sp³-hybridized carbons (Fsp3) is 0.154. The van der Waals surface area contributed by atoms with E-state index in [9.17, 15) is 14.7 Å². The molecule has 0 saturated heterocycles. The number of carboxylic acid groups (broad SMARTS) is 1. The van der Waals surface area contributed by atoms with Crippen LogP contribution in [0.1, 0.15) is 22.8 Å². The van der Waals surface area contributed by atoms with Crippen LogP contribution in [-0.4, -0.2) is 28.8 Å². The number of aromatic hydroxyl groups is 1. The van der Waals surface area contributed by atoms with Gasteiger partial charge in [-0.1, -0.05) is 0 Å². The number of phenols is 1. The van der Waals surface area contributed by atoms with E-state index in [2.05, 4.69) is 4.74 Å². The highest BCUT2D eigenvalue weighted by Gasteiger charge is 2.12. The maximum absolute atomic E-state index is 11.2. The average Bonchev–Trinajstić information content (AvgIpc) is 2.36. The van der Waals surface area contributed by atoms with E-state index >= 15 is 0 Å². The van der Waals surface area contributed by atoms with Gasteiger partial charge in [0.25, 0.3) is 0 Å². The molecule has 6 heteroatoms. The van der Waals surface area contributed by atoms with Gasteiger partial charge in [0.2, 0.25) is 0 Å². The molecule has 1 aromatic rings. The highest BCUT2D eigenvalue weighted by molar-refractivity contribution is 5.97. The molecule has 0 heterocycles. The molecule has 98 valence electrons. The lowest BCUT2D eigenvalue weighted by Crippen LogP contribution is -2.01. The first kappa shape index (κ1) is 14.3. The van der Waals surface area contributed by atoms with Crippen LogP contribution >= 0.6 is 0 Å². The third-order valence-electron chi connectivity index (χ3n) is 2.20. The monoisotopic (exact) mass is 261 g/mol. The number of nitrogens with zero attached hydrogens (tertiary/aromatic N) is 1. The third kappa shape index (κ3) is 3.57. The summed E-state index contributed by atoms with van der Waals surface area (Å²) in [7, 11) is 0. The van der Waals surface area contributed by atoms with Gasteiger partial charge in [0, 0.05) is 11.6 Å². The lowest BCUT2D eigenvalue weighted by molar-refractivity contribution is -0.137. The summed E-state index contributed by atoms with van der Waals surface area (Å²) in [5.41, 5.74) is -0.150. The number of esters is 1. The number of benzene rings is 1. The quantitative estimate of drug-likeness (QED) is 0.483. The first-order chi connectivity index (χ1) is 8.99. The van der Waals surface area contributed by atoms with Crippen molar-refractivity contribution in [2.75, 3.05) is 6.61 Å². The molecule has 2 N–H and O–H groups in total. The summed E-state index contributed by atoms with van der Waals surface area (Å²) >= 11 is 0. The second-order valence-corrected chi connectivity index (χ2v) is 3.46. The van der Waals surface area contributed by atoms with Crippen LogP contribution in [0.15, 0.2) is 24.3 Å². The van der Waals surface area contributed by atoms with Gasteiger partial charge in [0.15, 0.2) is 0 Å². The number of ether oxygens (including phenoxy) is 1. The molecule has 1 rings (SSSR count). The molecule has 0 saturated carbocycles. The van der Waals surface area contributed by atoms with Crippen molar-refractivity contribution in [2.24, 2.45) is 0 Å². The van der Waals surface area contributed by atoms with Gasteiger partial charge in [-0.25, -0.2) is 9.59 Å². The van der Waals surface area contributed by atoms with Gasteiger partial charge in [-0.3, -0.25) is 0 Å². The first-order valence-corrected chi connectivity index (χ1v) is 5.34. The van der Waals surface area contributed by atoms with Crippen molar-refractivity contribution >= 4 is 17.5 Å². The van der Waals surface area contributed by atoms with Crippen LogP contribution in [0.4, 0.5) is 0 Å². The van der Waals surface area contributed by atoms with Crippen molar-refractivity contribution in [2.45, 2.75) is 6.92 Å². The van der Waals surface area contributed by atoms with Gasteiger partial charge in [0.05, 0.1) is 17.7 Å². The van der Waals surface area contributed by atoms with E-state index in [1.54, 1.807) is 13.0 Å². The van der Waals surface area contributed by atoms with Crippen LogP contribution in [0.3, 0.4) is 0 Å². The van der Waals surface area contributed by atoms with E-state index < -0.39 is 17.7 Å². The second-order valence-electron chi connectivity index (χ2n) is 3.46. The Kier molecular flexibility index (Phi) is 4.66. The van der Waals surface area contributed by atoms with Gasteiger partial charge in [-0.15, -0.1) is 0 Å². The predicted molar refractivity (Wildman–Crippen MR) is 65.3 cm³/mol. The van der Waals surface area contributed by atoms with Gasteiger partial charge in [-0.05, 0) is 25.1 Å². The maximum atomic E-state index is 11.2. The Balaban J connectivity index is 3.17. The Morgan fingerprint density at radius 3 is 2.63 bits per heavy atom. The van der Waals surface area contributed by atoms with Gasteiger partial charge in [-0.2, -0.15) is 5.26 Å². The van der Waals surface area contributed by atoms with Crippen molar-refractivity contribution in [1.29, 1.82) is 5.26 Å². The number of carbonyl (C=O) groups excluding carboxylic acids is 1. The molecular formula is C13H11NO5. The van der Waals surface area contributed by atoms with Crippen molar-refractivity contribution < 1.29 is 24.5 Å². The molecule has 1 aromatic carbocycles. The van der Waals surface area contributed by atoms with E-state index in [0.29, 0.717) is 0 Å². The largest absolute Gasteiger partial charge is 0.507 e. The van der Waals surface area contributed by atoms with Crippen LogP contribution in [0, 0.1) is 11.3 Å². The van der Waals surface area contributed by atoms with Gasteiger partial charge >= 0.3 is 11.9 Å². The molecule has 0 atom stereocenters. The molecule has 0 fully saturated rings. The number of carbonyl (C=O) groups is 2. The van der Waals surface area contributed by atoms with Crippen molar-refractivity contribution in [3.63, 3.8) is 0 Å². The van der Waals surface area contributed by atoms with E-state index in [1.165, 1.54) is 12.1 Å². The Bertz CT molecular complexity index is 583. The minimum Gasteiger partial charge on any atom is -0.507 e. The molecule has 0 unspecified atom stereocenters. The molecule has 19 heavy (non-hydrogen) atoms. The maximum Gasteiger partial charge on any atom is 0.335 e. The van der Waals surface area contributed by atoms with Crippen LogP contribution < -0.4 is 0 Å². The number of hydrogen-bond donors (Lipinski definition) is 2. The zero-order chi connectivity index (χ0) is 14.4. The van der Waals surface area contributed by atoms with Gasteiger partial charge in [0.1, 0.15) is 11.8 Å². The Morgan fingerprint density at radius 2 is 2.16 bits per heavy atom. The fourth-order valence-electron chi connectivity index (χ4n) is 1.36. The number of hydrogen-bond acceptors (Lipinski definition) is 5. The molecular weight excluding hydrogens is 250 g/mol. The average molecular weight is 261 g/mol. The summed E-state index contributed by atoms with van der Waals surface area (Å²) < 4.78 is 4.66. The molecule has 0 amide bonds. The summed E-state index contributed by atoms with van der Waals surface area (Å²) in [6.07, 6.45) is 0.943. The molecule has 0 aromatic heterocycles. The van der Waals surface area contributed by atoms with Crippen molar-refractivity contribution in [3.05, 3.63) is 35.4 Å². The molecule has 6 nitrogen and oxygen atoms in total. The summed E-state index contributed by atoms with van der Waals surface area (Å²) in [6.45, 7) is 1.79. The van der Waals surface area contributed by atoms with Crippen LogP contribution in [0.25, 0.3) is 5.57 Å². The zero-order valence-corrected chi connectivity index (χ0v) is 10.1. The van der Waals surface area contributed by atoms with Crippen molar-refractivity contribution in [3.8, 4) is 11.8 Å². The molecule has 0 aliphatic heterocycles. The molecule has 0 aliphatic rings. The number of aromatic carboxylic acids is 1.